The molecule has 0 radical (unpaired) electrons. The van der Waals surface area contributed by atoms with E-state index in [2.05, 4.69) is 33.9 Å². The van der Waals surface area contributed by atoms with Crippen LogP contribution in [0, 0.1) is 0 Å². The Kier molecular flexibility index (Phi) is 4.40. The summed E-state index contributed by atoms with van der Waals surface area (Å²) in [4.78, 5) is 13.4. The average molecular weight is 269 g/mol. The van der Waals surface area contributed by atoms with Gasteiger partial charge in [-0.2, -0.15) is 0 Å². The number of rotatable bonds is 3. The van der Waals surface area contributed by atoms with E-state index < -0.39 is 0 Å². The molecule has 1 aromatic rings. The van der Waals surface area contributed by atoms with Gasteiger partial charge in [0.05, 0.1) is 0 Å². The number of piperidine rings is 1. The third-order valence-electron chi connectivity index (χ3n) is 3.56. The van der Waals surface area contributed by atoms with E-state index in [1.165, 1.54) is 12.8 Å². The molecule has 0 N–H and O–H groups in total. The van der Waals surface area contributed by atoms with Crippen LogP contribution in [0.15, 0.2) is 6.07 Å². The van der Waals surface area contributed by atoms with Crippen LogP contribution in [0.1, 0.15) is 25.6 Å². The summed E-state index contributed by atoms with van der Waals surface area (Å²) in [5.74, 6) is 1.80. The molecule has 4 nitrogen and oxygen atoms in total. The van der Waals surface area contributed by atoms with E-state index in [1.54, 1.807) is 0 Å². The molecule has 100 valence electrons. The van der Waals surface area contributed by atoms with Gasteiger partial charge in [-0.3, -0.25) is 0 Å². The van der Waals surface area contributed by atoms with Crippen molar-refractivity contribution in [3.05, 3.63) is 17.0 Å². The molecule has 1 aliphatic heterocycles. The summed E-state index contributed by atoms with van der Waals surface area (Å²) in [5.41, 5.74) is 0. The van der Waals surface area contributed by atoms with Crippen molar-refractivity contribution >= 4 is 17.4 Å². The van der Waals surface area contributed by atoms with E-state index >= 15 is 0 Å². The summed E-state index contributed by atoms with van der Waals surface area (Å²) in [6.07, 6.45) is 3.17. The van der Waals surface area contributed by atoms with Crippen molar-refractivity contribution in [1.29, 1.82) is 0 Å². The lowest BCUT2D eigenvalue weighted by atomic mass is 10.0. The molecule has 0 atom stereocenters. The predicted octanol–water partition coefficient (Wildman–Crippen LogP) is 2.22. The Balaban J connectivity index is 2.07. The maximum atomic E-state index is 6.04. The van der Waals surface area contributed by atoms with E-state index in [9.17, 15) is 0 Å². The molecule has 0 spiro atoms. The van der Waals surface area contributed by atoms with Gasteiger partial charge in [0, 0.05) is 31.6 Å². The van der Waals surface area contributed by atoms with Crippen molar-refractivity contribution in [2.24, 2.45) is 0 Å². The van der Waals surface area contributed by atoms with E-state index in [4.69, 9.17) is 11.6 Å². The minimum absolute atomic E-state index is 0.548. The molecule has 18 heavy (non-hydrogen) atoms. The lowest BCUT2D eigenvalue weighted by molar-refractivity contribution is 0.249. The Bertz CT molecular complexity index is 400. The maximum Gasteiger partial charge on any atom is 0.134 e. The smallest absolute Gasteiger partial charge is 0.134 e. The lowest BCUT2D eigenvalue weighted by Gasteiger charge is -2.35. The Labute approximate surface area is 114 Å². The molecule has 0 aromatic carbocycles. The van der Waals surface area contributed by atoms with Gasteiger partial charge < -0.3 is 9.80 Å². The van der Waals surface area contributed by atoms with Crippen LogP contribution in [0.2, 0.25) is 5.15 Å². The molecule has 1 fully saturated rings. The van der Waals surface area contributed by atoms with Crippen LogP contribution in [0.25, 0.3) is 0 Å². The van der Waals surface area contributed by atoms with Crippen LogP contribution in [-0.4, -0.2) is 48.1 Å². The molecular formula is C13H21ClN4. The first-order chi connectivity index (χ1) is 8.60. The van der Waals surface area contributed by atoms with Crippen LogP contribution < -0.4 is 4.90 Å². The largest absolute Gasteiger partial charge is 0.356 e. The van der Waals surface area contributed by atoms with Gasteiger partial charge in [-0.1, -0.05) is 18.5 Å². The Morgan fingerprint density at radius 2 is 2.00 bits per heavy atom. The van der Waals surface area contributed by atoms with Crippen molar-refractivity contribution in [3.63, 3.8) is 0 Å². The summed E-state index contributed by atoms with van der Waals surface area (Å²) < 4.78 is 0. The number of hydrogen-bond acceptors (Lipinski definition) is 4. The summed E-state index contributed by atoms with van der Waals surface area (Å²) in [7, 11) is 4.30. The van der Waals surface area contributed by atoms with Crippen molar-refractivity contribution in [2.45, 2.75) is 32.2 Å². The fourth-order valence-electron chi connectivity index (χ4n) is 2.38. The first kappa shape index (κ1) is 13.6. The predicted molar refractivity (Wildman–Crippen MR) is 75.3 cm³/mol. The number of aromatic nitrogens is 2. The van der Waals surface area contributed by atoms with E-state index in [-0.39, 0.29) is 0 Å². The molecule has 0 unspecified atom stereocenters. The molecular weight excluding hydrogens is 248 g/mol. The van der Waals surface area contributed by atoms with Crippen molar-refractivity contribution < 1.29 is 0 Å². The van der Waals surface area contributed by atoms with Crippen LogP contribution >= 0.6 is 11.6 Å². The summed E-state index contributed by atoms with van der Waals surface area (Å²) in [5, 5.41) is 0.548. The second-order valence-electron chi connectivity index (χ2n) is 5.00. The fraction of sp³-hybridized carbons (Fsp3) is 0.692. The molecule has 5 heteroatoms. The average Bonchev–Trinajstić information content (AvgIpc) is 2.38. The number of nitrogens with zero attached hydrogens (tertiary/aromatic N) is 4. The van der Waals surface area contributed by atoms with Crippen molar-refractivity contribution in [2.75, 3.05) is 32.1 Å². The minimum Gasteiger partial charge on any atom is -0.356 e. The number of aryl methyl sites for hydroxylation is 1. The van der Waals surface area contributed by atoms with E-state index in [1.807, 2.05) is 13.0 Å². The zero-order valence-electron chi connectivity index (χ0n) is 11.4. The molecule has 1 aliphatic rings. The highest BCUT2D eigenvalue weighted by molar-refractivity contribution is 6.29. The number of hydrogen-bond donors (Lipinski definition) is 0. The highest BCUT2D eigenvalue weighted by atomic mass is 35.5. The molecule has 1 saturated heterocycles. The lowest BCUT2D eigenvalue weighted by Crippen LogP contribution is -2.42. The first-order valence-electron chi connectivity index (χ1n) is 6.55. The topological polar surface area (TPSA) is 32.3 Å². The minimum atomic E-state index is 0.548. The van der Waals surface area contributed by atoms with Crippen LogP contribution in [0.4, 0.5) is 5.82 Å². The highest BCUT2D eigenvalue weighted by Gasteiger charge is 2.21. The second-order valence-corrected chi connectivity index (χ2v) is 5.39. The standard InChI is InChI=1S/C13H21ClN4/c1-4-12-15-11(14)9-13(16-12)18-7-5-10(6-8-18)17(2)3/h9-10H,4-8H2,1-3H3. The second kappa shape index (κ2) is 5.85. The van der Waals surface area contributed by atoms with Crippen molar-refractivity contribution in [1.82, 2.24) is 14.9 Å². The van der Waals surface area contributed by atoms with E-state index in [0.29, 0.717) is 11.2 Å². The molecule has 0 saturated carbocycles. The zero-order chi connectivity index (χ0) is 13.1. The highest BCUT2D eigenvalue weighted by Crippen LogP contribution is 2.22. The summed E-state index contributed by atoms with van der Waals surface area (Å²) >= 11 is 6.04. The third kappa shape index (κ3) is 3.12. The van der Waals surface area contributed by atoms with Gasteiger partial charge >= 0.3 is 0 Å². The molecule has 2 rings (SSSR count). The van der Waals surface area contributed by atoms with Gasteiger partial charge in [-0.15, -0.1) is 0 Å². The molecule has 0 bridgehead atoms. The first-order valence-corrected chi connectivity index (χ1v) is 6.92. The van der Waals surface area contributed by atoms with Gasteiger partial charge in [0.15, 0.2) is 0 Å². The summed E-state index contributed by atoms with van der Waals surface area (Å²) in [6, 6.07) is 2.56. The van der Waals surface area contributed by atoms with Crippen molar-refractivity contribution in [3.8, 4) is 0 Å². The molecule has 2 heterocycles. The van der Waals surface area contributed by atoms with Gasteiger partial charge in [0.2, 0.25) is 0 Å². The van der Waals surface area contributed by atoms with Crippen LogP contribution in [0.3, 0.4) is 0 Å². The number of halogens is 1. The molecule has 1 aromatic heterocycles. The number of anilines is 1. The summed E-state index contributed by atoms with van der Waals surface area (Å²) in [6.45, 7) is 4.13. The SMILES string of the molecule is CCc1nc(Cl)cc(N2CCC(N(C)C)CC2)n1. The molecule has 0 aliphatic carbocycles. The normalized spacial score (nSPS) is 17.5. The Morgan fingerprint density at radius 1 is 1.33 bits per heavy atom. The monoisotopic (exact) mass is 268 g/mol. The maximum absolute atomic E-state index is 6.04. The molecule has 0 amide bonds. The van der Waals surface area contributed by atoms with Gasteiger partial charge in [-0.05, 0) is 26.9 Å². The quantitative estimate of drug-likeness (QED) is 0.787. The van der Waals surface area contributed by atoms with Crippen LogP contribution in [0.5, 0.6) is 0 Å². The van der Waals surface area contributed by atoms with Gasteiger partial charge in [0.25, 0.3) is 0 Å². The van der Waals surface area contributed by atoms with Gasteiger partial charge in [0.1, 0.15) is 16.8 Å². The third-order valence-corrected chi connectivity index (χ3v) is 3.76. The fourth-order valence-corrected chi connectivity index (χ4v) is 2.58. The Hall–Kier alpha value is -0.870. The van der Waals surface area contributed by atoms with E-state index in [0.717, 1.165) is 31.2 Å². The van der Waals surface area contributed by atoms with Gasteiger partial charge in [-0.25, -0.2) is 9.97 Å². The van der Waals surface area contributed by atoms with Crippen LogP contribution in [-0.2, 0) is 6.42 Å². The zero-order valence-corrected chi connectivity index (χ0v) is 12.1. The Morgan fingerprint density at radius 3 is 2.56 bits per heavy atom.